The van der Waals surface area contributed by atoms with Crippen LogP contribution in [0.25, 0.3) is 0 Å². The van der Waals surface area contributed by atoms with Crippen molar-refractivity contribution in [2.24, 2.45) is 5.92 Å². The molecular weight excluding hydrogens is 259 g/mol. The number of rotatable bonds is 4. The van der Waals surface area contributed by atoms with Gasteiger partial charge in [0.1, 0.15) is 0 Å². The first-order valence-electron chi connectivity index (χ1n) is 4.59. The summed E-state index contributed by atoms with van der Waals surface area (Å²) in [6.45, 7) is 4.37. The van der Waals surface area contributed by atoms with Gasteiger partial charge in [-0.3, -0.25) is 0 Å². The predicted octanol–water partition coefficient (Wildman–Crippen LogP) is 5.77. The van der Waals surface area contributed by atoms with Gasteiger partial charge in [0.25, 0.3) is 0 Å². The molecular formula is C10H13Cl3S. The van der Waals surface area contributed by atoms with Crippen molar-refractivity contribution in [2.45, 2.75) is 32.1 Å². The SMILES string of the molecule is CC(C)CCC(Cl)c1cc(Cl)sc1Cl. The van der Waals surface area contributed by atoms with Gasteiger partial charge in [0.05, 0.1) is 14.0 Å². The lowest BCUT2D eigenvalue weighted by Crippen LogP contribution is -1.93. The summed E-state index contributed by atoms with van der Waals surface area (Å²) in [7, 11) is 0. The fourth-order valence-corrected chi connectivity index (χ4v) is 3.20. The van der Waals surface area contributed by atoms with E-state index in [0.717, 1.165) is 22.7 Å². The summed E-state index contributed by atoms with van der Waals surface area (Å²) in [5.74, 6) is 0.670. The van der Waals surface area contributed by atoms with Crippen LogP contribution in [0.5, 0.6) is 0 Å². The molecule has 1 heterocycles. The Bertz CT molecular complexity index is 294. The van der Waals surface area contributed by atoms with Gasteiger partial charge in [0, 0.05) is 5.56 Å². The van der Waals surface area contributed by atoms with Gasteiger partial charge in [-0.15, -0.1) is 22.9 Å². The minimum absolute atomic E-state index is 0.00588. The van der Waals surface area contributed by atoms with Gasteiger partial charge in [-0.05, 0) is 24.8 Å². The third-order valence-corrected chi connectivity index (χ3v) is 3.99. The second kappa shape index (κ2) is 5.60. The maximum absolute atomic E-state index is 6.23. The molecule has 1 aromatic rings. The number of hydrogen-bond donors (Lipinski definition) is 0. The molecule has 0 bridgehead atoms. The second-order valence-electron chi connectivity index (χ2n) is 3.72. The smallest absolute Gasteiger partial charge is 0.0991 e. The van der Waals surface area contributed by atoms with Crippen LogP contribution >= 0.6 is 46.1 Å². The summed E-state index contributed by atoms with van der Waals surface area (Å²) < 4.78 is 1.43. The van der Waals surface area contributed by atoms with Crippen LogP contribution in [-0.4, -0.2) is 0 Å². The molecule has 1 aromatic heterocycles. The van der Waals surface area contributed by atoms with Crippen LogP contribution in [0.3, 0.4) is 0 Å². The van der Waals surface area contributed by atoms with Crippen molar-refractivity contribution in [2.75, 3.05) is 0 Å². The maximum atomic E-state index is 6.23. The number of thiophene rings is 1. The third kappa shape index (κ3) is 3.62. The summed E-state index contributed by atoms with van der Waals surface area (Å²) in [5, 5.41) is -0.00588. The highest BCUT2D eigenvalue weighted by atomic mass is 35.5. The van der Waals surface area contributed by atoms with E-state index in [-0.39, 0.29) is 5.38 Å². The van der Waals surface area contributed by atoms with Gasteiger partial charge in [-0.1, -0.05) is 37.0 Å². The highest BCUT2D eigenvalue weighted by molar-refractivity contribution is 7.20. The van der Waals surface area contributed by atoms with E-state index in [1.54, 1.807) is 0 Å². The van der Waals surface area contributed by atoms with Gasteiger partial charge in [0.15, 0.2) is 0 Å². The highest BCUT2D eigenvalue weighted by Gasteiger charge is 2.15. The Labute approximate surface area is 104 Å². The van der Waals surface area contributed by atoms with Crippen LogP contribution in [0.2, 0.25) is 8.67 Å². The Morgan fingerprint density at radius 2 is 1.93 bits per heavy atom. The molecule has 0 spiro atoms. The Hall–Kier alpha value is 0.570. The molecule has 0 saturated heterocycles. The molecule has 0 aliphatic carbocycles. The van der Waals surface area contributed by atoms with Gasteiger partial charge in [-0.25, -0.2) is 0 Å². The van der Waals surface area contributed by atoms with Crippen LogP contribution in [0.15, 0.2) is 6.07 Å². The lowest BCUT2D eigenvalue weighted by Gasteiger charge is -2.09. The molecule has 0 radical (unpaired) electrons. The van der Waals surface area contributed by atoms with E-state index in [2.05, 4.69) is 13.8 Å². The molecule has 1 unspecified atom stereocenters. The van der Waals surface area contributed by atoms with Crippen molar-refractivity contribution < 1.29 is 0 Å². The van der Waals surface area contributed by atoms with Crippen molar-refractivity contribution in [1.82, 2.24) is 0 Å². The molecule has 1 atom stereocenters. The predicted molar refractivity (Wildman–Crippen MR) is 67.0 cm³/mol. The zero-order valence-corrected chi connectivity index (χ0v) is 11.3. The standard InChI is InChI=1S/C10H13Cl3S/c1-6(2)3-4-8(11)7-5-9(12)14-10(7)13/h5-6,8H,3-4H2,1-2H3. The fraction of sp³-hybridized carbons (Fsp3) is 0.600. The maximum Gasteiger partial charge on any atom is 0.0991 e. The lowest BCUT2D eigenvalue weighted by molar-refractivity contribution is 0.549. The number of hydrogen-bond acceptors (Lipinski definition) is 1. The molecule has 0 aliphatic heterocycles. The number of halogens is 3. The highest BCUT2D eigenvalue weighted by Crippen LogP contribution is 2.39. The minimum atomic E-state index is -0.00588. The zero-order chi connectivity index (χ0) is 10.7. The van der Waals surface area contributed by atoms with Crippen molar-refractivity contribution in [3.63, 3.8) is 0 Å². The Morgan fingerprint density at radius 1 is 1.29 bits per heavy atom. The van der Waals surface area contributed by atoms with Gasteiger partial charge >= 0.3 is 0 Å². The van der Waals surface area contributed by atoms with Crippen molar-refractivity contribution >= 4 is 46.1 Å². The Kier molecular flexibility index (Phi) is 5.05. The van der Waals surface area contributed by atoms with Gasteiger partial charge < -0.3 is 0 Å². The van der Waals surface area contributed by atoms with E-state index in [1.165, 1.54) is 11.3 Å². The molecule has 0 fully saturated rings. The van der Waals surface area contributed by atoms with E-state index in [0.29, 0.717) is 10.3 Å². The lowest BCUT2D eigenvalue weighted by atomic mass is 10.0. The summed E-state index contributed by atoms with van der Waals surface area (Å²) in [6.07, 6.45) is 2.06. The normalized spacial score (nSPS) is 13.6. The average molecular weight is 272 g/mol. The Morgan fingerprint density at radius 3 is 2.36 bits per heavy atom. The van der Waals surface area contributed by atoms with E-state index in [9.17, 15) is 0 Å². The summed E-state index contributed by atoms with van der Waals surface area (Å²) >= 11 is 19.5. The van der Waals surface area contributed by atoms with Crippen LogP contribution in [0.4, 0.5) is 0 Å². The van der Waals surface area contributed by atoms with Crippen LogP contribution in [-0.2, 0) is 0 Å². The molecule has 80 valence electrons. The first-order chi connectivity index (χ1) is 6.50. The third-order valence-electron chi connectivity index (χ3n) is 2.02. The minimum Gasteiger partial charge on any atom is -0.118 e. The zero-order valence-electron chi connectivity index (χ0n) is 8.19. The fourth-order valence-electron chi connectivity index (χ4n) is 1.20. The summed E-state index contributed by atoms with van der Waals surface area (Å²) in [6, 6.07) is 1.87. The van der Waals surface area contributed by atoms with E-state index in [1.807, 2.05) is 6.07 Å². The quantitative estimate of drug-likeness (QED) is 0.610. The summed E-state index contributed by atoms with van der Waals surface area (Å²) in [5.41, 5.74) is 0.976. The molecule has 0 aromatic carbocycles. The van der Waals surface area contributed by atoms with Crippen LogP contribution < -0.4 is 0 Å². The van der Waals surface area contributed by atoms with E-state index < -0.39 is 0 Å². The molecule has 0 nitrogen and oxygen atoms in total. The van der Waals surface area contributed by atoms with Crippen molar-refractivity contribution in [3.8, 4) is 0 Å². The molecule has 0 aliphatic rings. The van der Waals surface area contributed by atoms with E-state index in [4.69, 9.17) is 34.8 Å². The van der Waals surface area contributed by atoms with Crippen molar-refractivity contribution in [3.05, 3.63) is 20.3 Å². The van der Waals surface area contributed by atoms with Crippen LogP contribution in [0.1, 0.15) is 37.6 Å². The van der Waals surface area contributed by atoms with Gasteiger partial charge in [0.2, 0.25) is 0 Å². The number of alkyl halides is 1. The van der Waals surface area contributed by atoms with Gasteiger partial charge in [-0.2, -0.15) is 0 Å². The van der Waals surface area contributed by atoms with E-state index >= 15 is 0 Å². The first-order valence-corrected chi connectivity index (χ1v) is 6.60. The van der Waals surface area contributed by atoms with Crippen LogP contribution in [0, 0.1) is 5.92 Å². The molecule has 1 rings (SSSR count). The average Bonchev–Trinajstić information content (AvgIpc) is 2.41. The Balaban J connectivity index is 2.60. The second-order valence-corrected chi connectivity index (χ2v) is 6.53. The topological polar surface area (TPSA) is 0 Å². The largest absolute Gasteiger partial charge is 0.118 e. The monoisotopic (exact) mass is 270 g/mol. The summed E-state index contributed by atoms with van der Waals surface area (Å²) in [4.78, 5) is 0. The van der Waals surface area contributed by atoms with Crippen molar-refractivity contribution in [1.29, 1.82) is 0 Å². The first kappa shape index (κ1) is 12.6. The molecule has 0 amide bonds. The molecule has 14 heavy (non-hydrogen) atoms. The molecule has 0 saturated carbocycles. The molecule has 4 heteroatoms. The molecule has 0 N–H and O–H groups in total.